The molecule has 0 saturated carbocycles. The molecule has 1 aliphatic heterocycles. The van der Waals surface area contributed by atoms with Crippen molar-refractivity contribution in [1.29, 1.82) is 0 Å². The number of hydrogen-bond acceptors (Lipinski definition) is 6. The highest BCUT2D eigenvalue weighted by Crippen LogP contribution is 2.44. The number of pyridine rings is 1. The summed E-state index contributed by atoms with van der Waals surface area (Å²) in [6, 6.07) is 15.3. The van der Waals surface area contributed by atoms with Crippen LogP contribution in [0.5, 0.6) is 0 Å². The second-order valence-electron chi connectivity index (χ2n) is 10.6. The van der Waals surface area contributed by atoms with E-state index in [4.69, 9.17) is 11.6 Å². The van der Waals surface area contributed by atoms with Gasteiger partial charge in [0, 0.05) is 43.9 Å². The molecule has 2 amide bonds. The Hall–Kier alpha value is -3.35. The molecule has 3 aromatic rings. The lowest BCUT2D eigenvalue weighted by atomic mass is 9.69. The average molecular weight is 568 g/mol. The minimum Gasteiger partial charge on any atom is -0.387 e. The Kier molecular flexibility index (Phi) is 8.10. The first kappa shape index (κ1) is 28.7. The molecule has 0 atom stereocenters. The van der Waals surface area contributed by atoms with Gasteiger partial charge >= 0.3 is 0 Å². The molecule has 0 bridgehead atoms. The lowest BCUT2D eigenvalue weighted by molar-refractivity contribution is -0.122. The molecular weight excluding hydrogens is 533 g/mol. The average Bonchev–Trinajstić information content (AvgIpc) is 2.88. The Labute approximate surface area is 234 Å². The van der Waals surface area contributed by atoms with Crippen LogP contribution in [0.1, 0.15) is 41.3 Å². The molecule has 1 aliphatic rings. The van der Waals surface area contributed by atoms with E-state index < -0.39 is 12.6 Å². The van der Waals surface area contributed by atoms with Gasteiger partial charge in [0.05, 0.1) is 17.4 Å². The lowest BCUT2D eigenvalue weighted by Gasteiger charge is -2.51. The van der Waals surface area contributed by atoms with Gasteiger partial charge in [0.1, 0.15) is 17.7 Å². The Morgan fingerprint density at radius 3 is 2.36 bits per heavy atom. The maximum absolute atomic E-state index is 14.1. The Bertz CT molecular complexity index is 1460. The zero-order valence-electron chi connectivity index (χ0n) is 23.1. The third kappa shape index (κ3) is 5.54. The maximum atomic E-state index is 14.1. The van der Waals surface area contributed by atoms with Gasteiger partial charge in [-0.3, -0.25) is 9.59 Å². The van der Waals surface area contributed by atoms with Gasteiger partial charge in [-0.2, -0.15) is 0 Å². The Morgan fingerprint density at radius 2 is 1.74 bits per heavy atom. The number of carbonyl (C=O) groups is 2. The van der Waals surface area contributed by atoms with Crippen molar-refractivity contribution in [2.45, 2.75) is 25.2 Å². The molecule has 1 fully saturated rings. The summed E-state index contributed by atoms with van der Waals surface area (Å²) in [4.78, 5) is 32.9. The summed E-state index contributed by atoms with van der Waals surface area (Å²) in [5.74, 6) is -0.388. The van der Waals surface area contributed by atoms with Crippen molar-refractivity contribution in [1.82, 2.24) is 10.3 Å². The lowest BCUT2D eigenvalue weighted by Crippen LogP contribution is -2.65. The summed E-state index contributed by atoms with van der Waals surface area (Å²) < 4.78 is 12.8. The molecule has 0 aliphatic carbocycles. The highest BCUT2D eigenvalue weighted by Gasteiger charge is 2.52. The van der Waals surface area contributed by atoms with Crippen LogP contribution in [-0.2, 0) is 14.8 Å². The van der Waals surface area contributed by atoms with E-state index in [1.807, 2.05) is 43.4 Å². The summed E-state index contributed by atoms with van der Waals surface area (Å²) in [5.41, 5.74) is 3.46. The predicted octanol–water partition coefficient (Wildman–Crippen LogP) is 4.90. The molecular formula is C29H35ClN5O3P. The minimum atomic E-state index is -2.47. The van der Waals surface area contributed by atoms with E-state index in [1.165, 1.54) is 19.3 Å². The van der Waals surface area contributed by atoms with Crippen molar-refractivity contribution in [3.05, 3.63) is 76.6 Å². The fourth-order valence-corrected chi connectivity index (χ4v) is 6.49. The number of aromatic nitrogens is 1. The van der Waals surface area contributed by atoms with Gasteiger partial charge in [0.2, 0.25) is 5.91 Å². The van der Waals surface area contributed by atoms with E-state index in [0.717, 1.165) is 27.8 Å². The zero-order valence-corrected chi connectivity index (χ0v) is 24.8. The van der Waals surface area contributed by atoms with Gasteiger partial charge < -0.3 is 25.4 Å². The van der Waals surface area contributed by atoms with Crippen LogP contribution in [0.3, 0.4) is 0 Å². The SMILES string of the molecule is CNC(=O)c1cc(Cl)ncc1NC(=O)C1(c2ccccc2C(C)C)CN(c2ccc(P(C)(C)=O)c(NC)c2)C1. The third-order valence-electron chi connectivity index (χ3n) is 7.24. The number of nitrogens with one attached hydrogen (secondary N) is 3. The monoisotopic (exact) mass is 567 g/mol. The van der Waals surface area contributed by atoms with Crippen LogP contribution in [0.4, 0.5) is 17.1 Å². The van der Waals surface area contributed by atoms with Crippen molar-refractivity contribution in [2.24, 2.45) is 0 Å². The first-order valence-electron chi connectivity index (χ1n) is 12.8. The topological polar surface area (TPSA) is 103 Å². The number of benzene rings is 2. The van der Waals surface area contributed by atoms with Crippen LogP contribution >= 0.6 is 18.7 Å². The molecule has 0 radical (unpaired) electrons. The molecule has 4 rings (SSSR count). The van der Waals surface area contributed by atoms with Crippen molar-refractivity contribution in [3.63, 3.8) is 0 Å². The van der Waals surface area contributed by atoms with Crippen LogP contribution in [0.25, 0.3) is 0 Å². The predicted molar refractivity (Wildman–Crippen MR) is 161 cm³/mol. The summed E-state index contributed by atoms with van der Waals surface area (Å²) in [7, 11) is 0.865. The van der Waals surface area contributed by atoms with E-state index in [-0.39, 0.29) is 28.4 Å². The van der Waals surface area contributed by atoms with Crippen molar-refractivity contribution in [3.8, 4) is 0 Å². The normalized spacial score (nSPS) is 14.5. The van der Waals surface area contributed by atoms with Gasteiger partial charge in [0.15, 0.2) is 0 Å². The van der Waals surface area contributed by atoms with Crippen LogP contribution in [0.2, 0.25) is 5.15 Å². The van der Waals surface area contributed by atoms with Gasteiger partial charge in [-0.05, 0) is 54.6 Å². The van der Waals surface area contributed by atoms with E-state index >= 15 is 0 Å². The summed E-state index contributed by atoms with van der Waals surface area (Å²) in [5, 5.41) is 9.70. The number of carbonyl (C=O) groups excluding carboxylic acids is 2. The Morgan fingerprint density at radius 1 is 1.05 bits per heavy atom. The standard InChI is InChI=1S/C29H35ClN5O3P/c1-18(2)20-9-7-8-10-22(20)29(28(37)34-24-15-33-26(30)14-21(24)27(36)32-4)16-35(17-29)19-11-12-25(39(5,6)38)23(13-19)31-3/h7-15,18,31H,16-17H2,1-6H3,(H,32,36)(H,34,37). The van der Waals surface area contributed by atoms with Crippen LogP contribution in [0, 0.1) is 0 Å². The van der Waals surface area contributed by atoms with Gasteiger partial charge in [-0.1, -0.05) is 49.7 Å². The van der Waals surface area contributed by atoms with Crippen molar-refractivity contribution < 1.29 is 14.2 Å². The van der Waals surface area contributed by atoms with Crippen molar-refractivity contribution in [2.75, 3.05) is 56.0 Å². The van der Waals surface area contributed by atoms with Crippen molar-refractivity contribution >= 4 is 52.9 Å². The van der Waals surface area contributed by atoms with Crippen LogP contribution in [-0.4, -0.2) is 57.3 Å². The largest absolute Gasteiger partial charge is 0.387 e. The molecule has 1 aromatic heterocycles. The van der Waals surface area contributed by atoms with Crippen LogP contribution in [0.15, 0.2) is 54.7 Å². The number of rotatable bonds is 8. The zero-order chi connectivity index (χ0) is 28.5. The van der Waals surface area contributed by atoms with E-state index in [2.05, 4.69) is 45.7 Å². The number of nitrogens with zero attached hydrogens (tertiary/aromatic N) is 2. The first-order valence-corrected chi connectivity index (χ1v) is 15.8. The Balaban J connectivity index is 1.74. The number of hydrogen-bond donors (Lipinski definition) is 3. The summed E-state index contributed by atoms with van der Waals surface area (Å²) in [6.07, 6.45) is 1.41. The highest BCUT2D eigenvalue weighted by molar-refractivity contribution is 7.70. The van der Waals surface area contributed by atoms with Gasteiger partial charge in [0.25, 0.3) is 5.91 Å². The van der Waals surface area contributed by atoms with Gasteiger partial charge in [-0.15, -0.1) is 0 Å². The van der Waals surface area contributed by atoms with E-state index in [1.54, 1.807) is 13.3 Å². The maximum Gasteiger partial charge on any atom is 0.253 e. The second-order valence-corrected chi connectivity index (χ2v) is 14.1. The van der Waals surface area contributed by atoms with Gasteiger partial charge in [-0.25, -0.2) is 4.98 Å². The molecule has 39 heavy (non-hydrogen) atoms. The van der Waals surface area contributed by atoms with E-state index in [9.17, 15) is 14.2 Å². The number of anilines is 3. The quantitative estimate of drug-likeness (QED) is 0.264. The summed E-state index contributed by atoms with van der Waals surface area (Å²) in [6.45, 7) is 8.58. The fraction of sp³-hybridized carbons (Fsp3) is 0.345. The highest BCUT2D eigenvalue weighted by atomic mass is 35.5. The molecule has 1 saturated heterocycles. The first-order chi connectivity index (χ1) is 18.4. The molecule has 8 nitrogen and oxygen atoms in total. The molecule has 2 heterocycles. The van der Waals surface area contributed by atoms with Crippen LogP contribution < -0.4 is 26.2 Å². The number of amides is 2. The molecule has 2 aromatic carbocycles. The number of halogens is 1. The molecule has 3 N–H and O–H groups in total. The smallest absolute Gasteiger partial charge is 0.253 e. The van der Waals surface area contributed by atoms with E-state index in [0.29, 0.717) is 18.8 Å². The minimum absolute atomic E-state index is 0.161. The molecule has 0 unspecified atom stereocenters. The summed E-state index contributed by atoms with van der Waals surface area (Å²) >= 11 is 6.05. The fourth-order valence-electron chi connectivity index (χ4n) is 5.14. The third-order valence-corrected chi connectivity index (χ3v) is 9.00. The molecule has 0 spiro atoms. The second kappa shape index (κ2) is 11.0. The molecule has 10 heteroatoms. The molecule has 206 valence electrons.